The highest BCUT2D eigenvalue weighted by Gasteiger charge is 2.35. The van der Waals surface area contributed by atoms with E-state index in [9.17, 15) is 9.59 Å². The highest BCUT2D eigenvalue weighted by atomic mass is 35.5. The largest absolute Gasteiger partial charge is 0.481 e. The molecule has 0 bridgehead atoms. The molecule has 3 fully saturated rings. The van der Waals surface area contributed by atoms with Gasteiger partial charge in [0.1, 0.15) is 0 Å². The van der Waals surface area contributed by atoms with Gasteiger partial charge in [0.15, 0.2) is 0 Å². The number of carbonyl (C=O) groups excluding carboxylic acids is 1. The summed E-state index contributed by atoms with van der Waals surface area (Å²) >= 11 is 0. The van der Waals surface area contributed by atoms with Crippen LogP contribution in [0.1, 0.15) is 57.8 Å². The molecule has 0 aromatic carbocycles. The molecular formula is C19H34ClN3O3. The monoisotopic (exact) mass is 387 g/mol. The molecule has 0 spiro atoms. The fraction of sp³-hybridized carbons (Fsp3) is 0.895. The van der Waals surface area contributed by atoms with Crippen molar-refractivity contribution in [3.05, 3.63) is 0 Å². The standard InChI is InChI=1S/C19H33N3O3.ClH/c23-18(24)6-3-15-1-4-17(5-2-15)22-14-13-21(19(22)25)12-9-16-7-10-20-11-8-16;/h15-17,20H,1-14H2,(H,23,24);1H. The average molecular weight is 388 g/mol. The van der Waals surface area contributed by atoms with Gasteiger partial charge in [0.25, 0.3) is 0 Å². The van der Waals surface area contributed by atoms with Gasteiger partial charge in [-0.2, -0.15) is 0 Å². The van der Waals surface area contributed by atoms with Gasteiger partial charge in [0.2, 0.25) is 0 Å². The summed E-state index contributed by atoms with van der Waals surface area (Å²) in [5, 5.41) is 12.2. The van der Waals surface area contributed by atoms with Gasteiger partial charge < -0.3 is 20.2 Å². The third kappa shape index (κ3) is 5.74. The number of rotatable bonds is 7. The van der Waals surface area contributed by atoms with E-state index in [1.54, 1.807) is 0 Å². The maximum Gasteiger partial charge on any atom is 0.320 e. The fourth-order valence-corrected chi connectivity index (χ4v) is 4.73. The van der Waals surface area contributed by atoms with Gasteiger partial charge in [0, 0.05) is 32.1 Å². The Morgan fingerprint density at radius 2 is 1.65 bits per heavy atom. The summed E-state index contributed by atoms with van der Waals surface area (Å²) in [4.78, 5) is 27.6. The number of halogens is 1. The molecule has 2 amide bonds. The molecule has 2 heterocycles. The fourth-order valence-electron chi connectivity index (χ4n) is 4.73. The van der Waals surface area contributed by atoms with E-state index in [-0.39, 0.29) is 24.9 Å². The summed E-state index contributed by atoms with van der Waals surface area (Å²) in [6.45, 7) is 4.90. The number of hydrogen-bond acceptors (Lipinski definition) is 3. The predicted octanol–water partition coefficient (Wildman–Crippen LogP) is 2.96. The number of piperidine rings is 1. The zero-order valence-electron chi connectivity index (χ0n) is 15.7. The second kappa shape index (κ2) is 10.4. The van der Waals surface area contributed by atoms with E-state index in [0.29, 0.717) is 12.0 Å². The summed E-state index contributed by atoms with van der Waals surface area (Å²) in [6, 6.07) is 0.611. The van der Waals surface area contributed by atoms with E-state index in [1.807, 2.05) is 0 Å². The highest BCUT2D eigenvalue weighted by molar-refractivity contribution is 5.85. The normalized spacial score (nSPS) is 27.5. The quantitative estimate of drug-likeness (QED) is 0.704. The molecule has 0 unspecified atom stereocenters. The Hall–Kier alpha value is -1.01. The third-order valence-electron chi connectivity index (χ3n) is 6.42. The van der Waals surface area contributed by atoms with E-state index in [1.165, 1.54) is 12.8 Å². The summed E-state index contributed by atoms with van der Waals surface area (Å²) < 4.78 is 0. The van der Waals surface area contributed by atoms with Crippen molar-refractivity contribution in [3.8, 4) is 0 Å². The van der Waals surface area contributed by atoms with Crippen molar-refractivity contribution in [2.75, 3.05) is 32.7 Å². The van der Waals surface area contributed by atoms with Crippen molar-refractivity contribution in [1.29, 1.82) is 0 Å². The van der Waals surface area contributed by atoms with Crippen LogP contribution in [0.4, 0.5) is 4.79 Å². The molecule has 1 aliphatic carbocycles. The van der Waals surface area contributed by atoms with Gasteiger partial charge >= 0.3 is 12.0 Å². The minimum Gasteiger partial charge on any atom is -0.481 e. The summed E-state index contributed by atoms with van der Waals surface area (Å²) in [5.74, 6) is 0.607. The van der Waals surface area contributed by atoms with Gasteiger partial charge in [-0.25, -0.2) is 4.79 Å². The first-order valence-corrected chi connectivity index (χ1v) is 10.1. The van der Waals surface area contributed by atoms with E-state index < -0.39 is 5.97 Å². The second-order valence-corrected chi connectivity index (χ2v) is 8.05. The topological polar surface area (TPSA) is 72.9 Å². The number of carbonyl (C=O) groups is 2. The predicted molar refractivity (Wildman–Crippen MR) is 104 cm³/mol. The summed E-state index contributed by atoms with van der Waals surface area (Å²) in [7, 11) is 0. The molecule has 6 nitrogen and oxygen atoms in total. The van der Waals surface area contributed by atoms with Crippen LogP contribution in [0.2, 0.25) is 0 Å². The second-order valence-electron chi connectivity index (χ2n) is 8.05. The number of carboxylic acid groups (broad SMARTS) is 1. The Morgan fingerprint density at radius 3 is 2.31 bits per heavy atom. The van der Waals surface area contributed by atoms with Gasteiger partial charge in [-0.3, -0.25) is 4.79 Å². The SMILES string of the molecule is Cl.O=C(O)CCC1CCC(N2CCN(CCC3CCNCC3)C2=O)CC1. The number of nitrogens with zero attached hydrogens (tertiary/aromatic N) is 2. The van der Waals surface area contributed by atoms with Crippen LogP contribution in [0.15, 0.2) is 0 Å². The summed E-state index contributed by atoms with van der Waals surface area (Å²) in [5.41, 5.74) is 0. The Balaban J connectivity index is 0.00000243. The molecule has 2 aliphatic heterocycles. The molecule has 0 aromatic rings. The Morgan fingerprint density at radius 1 is 1.00 bits per heavy atom. The van der Waals surface area contributed by atoms with Crippen molar-refractivity contribution < 1.29 is 14.7 Å². The van der Waals surface area contributed by atoms with Crippen LogP contribution in [0, 0.1) is 11.8 Å². The molecule has 3 aliphatic rings. The smallest absolute Gasteiger partial charge is 0.320 e. The Labute approximate surface area is 163 Å². The molecule has 0 radical (unpaired) electrons. The molecule has 2 saturated heterocycles. The van der Waals surface area contributed by atoms with Crippen LogP contribution in [0.5, 0.6) is 0 Å². The molecule has 2 N–H and O–H groups in total. The summed E-state index contributed by atoms with van der Waals surface area (Å²) in [6.07, 6.45) is 8.91. The van der Waals surface area contributed by atoms with Crippen molar-refractivity contribution in [2.24, 2.45) is 11.8 Å². The molecule has 3 rings (SSSR count). The third-order valence-corrected chi connectivity index (χ3v) is 6.42. The Kier molecular flexibility index (Phi) is 8.48. The minimum absolute atomic E-state index is 0. The lowest BCUT2D eigenvalue weighted by Gasteiger charge is -2.34. The molecule has 0 aromatic heterocycles. The molecule has 1 saturated carbocycles. The van der Waals surface area contributed by atoms with E-state index in [0.717, 1.165) is 77.2 Å². The lowest BCUT2D eigenvalue weighted by atomic mass is 9.83. The lowest BCUT2D eigenvalue weighted by molar-refractivity contribution is -0.137. The number of urea groups is 1. The molecule has 7 heteroatoms. The maximum atomic E-state index is 12.7. The first kappa shape index (κ1) is 21.3. The van der Waals surface area contributed by atoms with Crippen LogP contribution in [0.25, 0.3) is 0 Å². The Bertz CT molecular complexity index is 463. The van der Waals surface area contributed by atoms with Gasteiger partial charge in [-0.1, -0.05) is 0 Å². The number of aliphatic carboxylic acids is 1. The lowest BCUT2D eigenvalue weighted by Crippen LogP contribution is -2.41. The number of nitrogens with one attached hydrogen (secondary N) is 1. The first-order chi connectivity index (χ1) is 12.1. The van der Waals surface area contributed by atoms with Crippen LogP contribution >= 0.6 is 12.4 Å². The zero-order chi connectivity index (χ0) is 17.6. The van der Waals surface area contributed by atoms with E-state index >= 15 is 0 Å². The average Bonchev–Trinajstić information content (AvgIpc) is 3.00. The van der Waals surface area contributed by atoms with Crippen molar-refractivity contribution in [3.63, 3.8) is 0 Å². The van der Waals surface area contributed by atoms with Gasteiger partial charge in [0.05, 0.1) is 0 Å². The van der Waals surface area contributed by atoms with Crippen LogP contribution < -0.4 is 5.32 Å². The number of carboxylic acids is 1. The van der Waals surface area contributed by atoms with Gasteiger partial charge in [-0.05, 0) is 76.3 Å². The zero-order valence-corrected chi connectivity index (χ0v) is 16.5. The number of hydrogen-bond donors (Lipinski definition) is 2. The van der Waals surface area contributed by atoms with Crippen molar-refractivity contribution in [2.45, 2.75) is 63.8 Å². The van der Waals surface area contributed by atoms with Crippen molar-refractivity contribution >= 4 is 24.4 Å². The van der Waals surface area contributed by atoms with E-state index in [4.69, 9.17) is 5.11 Å². The molecule has 26 heavy (non-hydrogen) atoms. The molecular weight excluding hydrogens is 354 g/mol. The van der Waals surface area contributed by atoms with Crippen LogP contribution in [0.3, 0.4) is 0 Å². The maximum absolute atomic E-state index is 12.7. The molecule has 0 atom stereocenters. The van der Waals surface area contributed by atoms with Gasteiger partial charge in [-0.15, -0.1) is 12.4 Å². The van der Waals surface area contributed by atoms with Crippen LogP contribution in [-0.2, 0) is 4.79 Å². The van der Waals surface area contributed by atoms with E-state index in [2.05, 4.69) is 15.1 Å². The minimum atomic E-state index is -0.693. The van der Waals surface area contributed by atoms with Crippen molar-refractivity contribution in [1.82, 2.24) is 15.1 Å². The number of amides is 2. The van der Waals surface area contributed by atoms with Crippen LogP contribution in [-0.4, -0.2) is 65.7 Å². The first-order valence-electron chi connectivity index (χ1n) is 10.1. The highest BCUT2D eigenvalue weighted by Crippen LogP contribution is 2.32. The molecule has 150 valence electrons.